The molecule has 9 nitrogen and oxygen atoms in total. The Bertz CT molecular complexity index is 1120. The zero-order chi connectivity index (χ0) is 29.9. The molecule has 0 spiro atoms. The van der Waals surface area contributed by atoms with Crippen molar-refractivity contribution < 1.29 is 28.2 Å². The Morgan fingerprint density at radius 2 is 1.62 bits per heavy atom. The van der Waals surface area contributed by atoms with Crippen molar-refractivity contribution in [1.29, 1.82) is 0 Å². The van der Waals surface area contributed by atoms with E-state index in [4.69, 9.17) is 0 Å². The largest absolute Gasteiger partial charge is 0.390 e. The van der Waals surface area contributed by atoms with Crippen molar-refractivity contribution in [3.63, 3.8) is 0 Å². The van der Waals surface area contributed by atoms with Crippen molar-refractivity contribution >= 4 is 21.7 Å². The Balaban J connectivity index is 1.84. The van der Waals surface area contributed by atoms with Crippen LogP contribution in [0.3, 0.4) is 0 Å². The maximum absolute atomic E-state index is 13.4. The predicted molar refractivity (Wildman–Crippen MR) is 156 cm³/mol. The number of carbonyl (C=O) groups is 2. The highest BCUT2D eigenvalue weighted by atomic mass is 32.2. The normalized spacial score (nSPS) is 24.9. The number of amides is 2. The number of rotatable bonds is 10. The lowest BCUT2D eigenvalue weighted by atomic mass is 9.72. The quantitative estimate of drug-likeness (QED) is 0.333. The molecule has 2 unspecified atom stereocenters. The van der Waals surface area contributed by atoms with Gasteiger partial charge in [-0.1, -0.05) is 49.6 Å². The van der Waals surface area contributed by atoms with Crippen LogP contribution in [0.15, 0.2) is 30.3 Å². The number of aliphatic hydroxyl groups is 2. The van der Waals surface area contributed by atoms with Gasteiger partial charge >= 0.3 is 0 Å². The van der Waals surface area contributed by atoms with E-state index in [0.29, 0.717) is 18.4 Å². The summed E-state index contributed by atoms with van der Waals surface area (Å²) in [5.41, 5.74) is 0.480. The van der Waals surface area contributed by atoms with Crippen molar-refractivity contribution in [3.8, 4) is 0 Å². The van der Waals surface area contributed by atoms with Crippen LogP contribution in [0.25, 0.3) is 0 Å². The minimum atomic E-state index is -3.75. The molecule has 1 aromatic carbocycles. The van der Waals surface area contributed by atoms with E-state index < -0.39 is 50.3 Å². The highest BCUT2D eigenvalue weighted by Gasteiger charge is 2.44. The van der Waals surface area contributed by atoms with Crippen LogP contribution >= 0.6 is 0 Å². The van der Waals surface area contributed by atoms with E-state index in [9.17, 15) is 28.2 Å². The minimum absolute atomic E-state index is 0.0577. The van der Waals surface area contributed by atoms with Gasteiger partial charge in [-0.2, -0.15) is 0 Å². The third-order valence-electron chi connectivity index (χ3n) is 8.68. The molecule has 10 heteroatoms. The van der Waals surface area contributed by atoms with Gasteiger partial charge in [0.25, 0.3) is 5.91 Å². The van der Waals surface area contributed by atoms with E-state index in [1.165, 1.54) is 20.3 Å². The number of fused-ring (bicyclic) bond motifs is 1. The monoisotopic (exact) mass is 579 g/mol. The molecule has 1 saturated carbocycles. The number of hydrogen-bond donors (Lipinski definition) is 4. The van der Waals surface area contributed by atoms with Gasteiger partial charge in [-0.3, -0.25) is 14.5 Å². The Morgan fingerprint density at radius 1 is 1.02 bits per heavy atom. The van der Waals surface area contributed by atoms with Crippen molar-refractivity contribution in [1.82, 2.24) is 15.5 Å². The fraction of sp³-hybridized carbons (Fsp3) is 0.733. The summed E-state index contributed by atoms with van der Waals surface area (Å²) in [5.74, 6) is 0.0198. The van der Waals surface area contributed by atoms with Crippen LogP contribution in [0.2, 0.25) is 0 Å². The molecule has 1 heterocycles. The smallest absolute Gasteiger partial charge is 0.250 e. The van der Waals surface area contributed by atoms with Crippen LogP contribution in [0.1, 0.15) is 72.3 Å². The first-order valence-electron chi connectivity index (χ1n) is 14.5. The molecule has 226 valence electrons. The van der Waals surface area contributed by atoms with E-state index in [1.54, 1.807) is 0 Å². The van der Waals surface area contributed by atoms with Gasteiger partial charge in [-0.05, 0) is 71.3 Å². The summed E-state index contributed by atoms with van der Waals surface area (Å²) < 4.78 is 22.8. The summed E-state index contributed by atoms with van der Waals surface area (Å²) in [4.78, 5) is 28.6. The van der Waals surface area contributed by atoms with Gasteiger partial charge in [0.2, 0.25) is 5.91 Å². The van der Waals surface area contributed by atoms with Crippen LogP contribution in [-0.2, 0) is 25.8 Å². The van der Waals surface area contributed by atoms with Crippen LogP contribution in [0.4, 0.5) is 0 Å². The summed E-state index contributed by atoms with van der Waals surface area (Å²) >= 11 is 0. The summed E-state index contributed by atoms with van der Waals surface area (Å²) in [6.45, 7) is 9.32. The molecule has 1 aromatic rings. The van der Waals surface area contributed by atoms with Crippen LogP contribution in [-0.4, -0.2) is 89.3 Å². The molecule has 6 atom stereocenters. The van der Waals surface area contributed by atoms with E-state index in [1.807, 2.05) is 51.1 Å². The predicted octanol–water partition coefficient (Wildman–Crippen LogP) is 2.05. The Kier molecular flexibility index (Phi) is 10.5. The first kappa shape index (κ1) is 32.5. The van der Waals surface area contributed by atoms with E-state index in [2.05, 4.69) is 15.5 Å². The molecule has 3 rings (SSSR count). The average molecular weight is 580 g/mol. The number of likely N-dealkylation sites (tertiary alicyclic amines) is 1. The van der Waals surface area contributed by atoms with E-state index in [-0.39, 0.29) is 18.9 Å². The first-order valence-corrected chi connectivity index (χ1v) is 16.3. The van der Waals surface area contributed by atoms with Gasteiger partial charge in [-0.15, -0.1) is 0 Å². The number of β-amino-alcohol motifs (C(OH)–C–C–N with tert-alkyl or cyclic N) is 1. The molecule has 1 saturated heterocycles. The van der Waals surface area contributed by atoms with Crippen molar-refractivity contribution in [2.75, 3.05) is 19.3 Å². The third-order valence-corrected chi connectivity index (χ3v) is 10.8. The molecule has 0 bridgehead atoms. The molecule has 0 aromatic heterocycles. The third kappa shape index (κ3) is 8.27. The number of sulfone groups is 1. The van der Waals surface area contributed by atoms with Crippen LogP contribution < -0.4 is 10.6 Å². The second kappa shape index (κ2) is 12.9. The van der Waals surface area contributed by atoms with E-state index in [0.717, 1.165) is 37.5 Å². The molecule has 1 aliphatic heterocycles. The van der Waals surface area contributed by atoms with Gasteiger partial charge in [0.1, 0.15) is 4.75 Å². The van der Waals surface area contributed by atoms with Crippen LogP contribution in [0.5, 0.6) is 0 Å². The lowest BCUT2D eigenvalue weighted by Gasteiger charge is -2.47. The Labute approximate surface area is 240 Å². The number of benzene rings is 1. The zero-order valence-corrected chi connectivity index (χ0v) is 25.7. The fourth-order valence-electron chi connectivity index (χ4n) is 5.93. The van der Waals surface area contributed by atoms with Gasteiger partial charge in [-0.25, -0.2) is 8.42 Å². The summed E-state index contributed by atoms with van der Waals surface area (Å²) in [7, 11) is -3.75. The second-order valence-corrected chi connectivity index (χ2v) is 16.0. The number of piperidine rings is 1. The maximum Gasteiger partial charge on any atom is 0.250 e. The number of nitrogens with zero attached hydrogens (tertiary/aromatic N) is 1. The van der Waals surface area contributed by atoms with Crippen molar-refractivity contribution in [2.24, 2.45) is 11.8 Å². The molecule has 2 aliphatic rings. The lowest BCUT2D eigenvalue weighted by molar-refractivity contribution is -0.135. The molecule has 0 radical (unpaired) electrons. The molecule has 2 fully saturated rings. The molecule has 4 N–H and O–H groups in total. The standard InChI is InChI=1S/C30H49N3O6S/c1-29(2,3)32-27(36)24-17-21-14-10-11-15-22(21)18-33(24)19-25(34)23(16-20-12-8-7-9-13-20)31-28(37)26(35)30(4,5)40(6,38)39/h7-9,12-13,21-26,34-35H,10-11,14-19H2,1-6H3,(H,31,37)(H,32,36)/t21?,22?,23-,24-,25+,26+/m0/s1. The first-order chi connectivity index (χ1) is 18.5. The minimum Gasteiger partial charge on any atom is -0.390 e. The number of aliphatic hydroxyl groups excluding tert-OH is 2. The fourth-order valence-corrected chi connectivity index (χ4v) is 6.44. The van der Waals surface area contributed by atoms with Gasteiger partial charge in [0.15, 0.2) is 15.9 Å². The SMILES string of the molecule is CC(C)(C)NC(=O)[C@@H]1CC2CCCCC2CN1C[C@@H](O)[C@H](Cc1ccccc1)NC(=O)[C@@H](O)C(C)(C)S(C)(=O)=O. The van der Waals surface area contributed by atoms with E-state index >= 15 is 0 Å². The highest BCUT2D eigenvalue weighted by Crippen LogP contribution is 2.39. The van der Waals surface area contributed by atoms with Crippen molar-refractivity contribution in [2.45, 2.75) is 108 Å². The average Bonchev–Trinajstić information content (AvgIpc) is 2.86. The zero-order valence-electron chi connectivity index (χ0n) is 24.9. The lowest BCUT2D eigenvalue weighted by Crippen LogP contribution is -2.61. The Hall–Kier alpha value is -2.01. The number of hydrogen-bond acceptors (Lipinski definition) is 7. The maximum atomic E-state index is 13.4. The van der Waals surface area contributed by atoms with Crippen LogP contribution in [0, 0.1) is 11.8 Å². The highest BCUT2D eigenvalue weighted by molar-refractivity contribution is 7.92. The van der Waals surface area contributed by atoms with Gasteiger partial charge in [0.05, 0.1) is 18.2 Å². The summed E-state index contributed by atoms with van der Waals surface area (Å²) in [6, 6.07) is 8.17. The number of nitrogens with one attached hydrogen (secondary N) is 2. The Morgan fingerprint density at radius 3 is 2.20 bits per heavy atom. The number of carbonyl (C=O) groups excluding carboxylic acids is 2. The molecular formula is C30H49N3O6S. The summed E-state index contributed by atoms with van der Waals surface area (Å²) in [6.07, 6.45) is 3.65. The summed E-state index contributed by atoms with van der Waals surface area (Å²) in [5, 5.41) is 28.1. The van der Waals surface area contributed by atoms with Gasteiger partial charge < -0.3 is 20.8 Å². The van der Waals surface area contributed by atoms with Crippen molar-refractivity contribution in [3.05, 3.63) is 35.9 Å². The molecule has 2 amide bonds. The molecular weight excluding hydrogens is 530 g/mol. The van der Waals surface area contributed by atoms with Gasteiger partial charge in [0, 0.05) is 24.9 Å². The molecule has 40 heavy (non-hydrogen) atoms. The second-order valence-electron chi connectivity index (χ2n) is 13.4. The molecule has 1 aliphatic carbocycles. The topological polar surface area (TPSA) is 136 Å².